The summed E-state index contributed by atoms with van der Waals surface area (Å²) < 4.78 is 43.3. The van der Waals surface area contributed by atoms with Crippen molar-refractivity contribution in [3.63, 3.8) is 0 Å². The number of benzene rings is 1. The van der Waals surface area contributed by atoms with Crippen LogP contribution in [0.5, 0.6) is 0 Å². The smallest absolute Gasteiger partial charge is 0.280 e. The van der Waals surface area contributed by atoms with E-state index in [0.29, 0.717) is 28.3 Å². The molecule has 1 aliphatic rings. The zero-order valence-electron chi connectivity index (χ0n) is 18.3. The van der Waals surface area contributed by atoms with Gasteiger partial charge in [0.05, 0.1) is 23.6 Å². The molecule has 3 heterocycles. The molecule has 7 nitrogen and oxygen atoms in total. The molecule has 1 N–H and O–H groups in total. The summed E-state index contributed by atoms with van der Waals surface area (Å²) in [6, 6.07) is 6.89. The average Bonchev–Trinajstić information content (AvgIpc) is 3.49. The second-order valence-corrected chi connectivity index (χ2v) is 8.78. The van der Waals surface area contributed by atoms with Gasteiger partial charge in [0, 0.05) is 22.7 Å². The molecule has 0 unspecified atom stereocenters. The van der Waals surface area contributed by atoms with Gasteiger partial charge in [0.15, 0.2) is 11.3 Å². The lowest BCUT2D eigenvalue weighted by Gasteiger charge is -2.08. The third-order valence-electron chi connectivity index (χ3n) is 5.88. The van der Waals surface area contributed by atoms with Gasteiger partial charge in [-0.2, -0.15) is 10.2 Å². The minimum Gasteiger partial charge on any atom is -0.317 e. The number of carbonyl (C=O) groups excluding carboxylic acids is 1. The second kappa shape index (κ2) is 8.43. The molecule has 0 spiro atoms. The van der Waals surface area contributed by atoms with Crippen molar-refractivity contribution in [2.24, 2.45) is 0 Å². The molecule has 1 aromatic carbocycles. The van der Waals surface area contributed by atoms with E-state index in [9.17, 15) is 18.0 Å². The lowest BCUT2D eigenvalue weighted by molar-refractivity contribution is 0.102. The van der Waals surface area contributed by atoms with Crippen LogP contribution < -0.4 is 5.32 Å². The number of hydrogen-bond acceptors (Lipinski definition) is 4. The number of anilines is 1. The number of nitrogens with zero attached hydrogens (tertiary/aromatic N) is 5. The van der Waals surface area contributed by atoms with Gasteiger partial charge in [0.25, 0.3) is 12.3 Å². The molecule has 1 aliphatic carbocycles. The average molecular weight is 489 g/mol. The summed E-state index contributed by atoms with van der Waals surface area (Å²) in [4.78, 5) is 17.4. The maximum absolute atomic E-state index is 13.6. The zero-order chi connectivity index (χ0) is 24.1. The standard InChI is InChI=1S/C23H20ClF3N6O/c1-11-21(12(2)32(30-11)10-14-5-6-15(25)7-16(14)24)29-23(34)18-9-20-28-17(13-3-4-13)8-19(22(26)27)33(20)31-18/h5-9,13,22H,3-4,10H2,1-2H3,(H,29,34). The highest BCUT2D eigenvalue weighted by Gasteiger charge is 2.28. The van der Waals surface area contributed by atoms with Gasteiger partial charge in [-0.1, -0.05) is 17.7 Å². The number of alkyl halides is 2. The van der Waals surface area contributed by atoms with E-state index in [1.54, 1.807) is 24.6 Å². The minimum absolute atomic E-state index is 0.0320. The zero-order valence-corrected chi connectivity index (χ0v) is 19.1. The van der Waals surface area contributed by atoms with Crippen molar-refractivity contribution in [2.75, 3.05) is 5.32 Å². The van der Waals surface area contributed by atoms with Crippen LogP contribution in [-0.4, -0.2) is 30.3 Å². The van der Waals surface area contributed by atoms with E-state index in [0.717, 1.165) is 17.4 Å². The van der Waals surface area contributed by atoms with Gasteiger partial charge in [0.2, 0.25) is 0 Å². The van der Waals surface area contributed by atoms with Crippen molar-refractivity contribution in [3.8, 4) is 0 Å². The topological polar surface area (TPSA) is 77.1 Å². The SMILES string of the molecule is Cc1nn(Cc2ccc(F)cc2Cl)c(C)c1NC(=O)c1cc2nc(C3CC3)cc(C(F)F)n2n1. The molecule has 1 amide bonds. The number of hydrogen-bond donors (Lipinski definition) is 1. The Morgan fingerprint density at radius 1 is 1.21 bits per heavy atom. The summed E-state index contributed by atoms with van der Waals surface area (Å²) in [6.45, 7) is 3.78. The Labute approximate surface area is 197 Å². The van der Waals surface area contributed by atoms with E-state index in [2.05, 4.69) is 20.5 Å². The number of halogens is 4. The van der Waals surface area contributed by atoms with E-state index < -0.39 is 18.1 Å². The van der Waals surface area contributed by atoms with Gasteiger partial charge < -0.3 is 5.32 Å². The number of aromatic nitrogens is 5. The molecular formula is C23H20ClF3N6O. The number of fused-ring (bicyclic) bond motifs is 1. The highest BCUT2D eigenvalue weighted by molar-refractivity contribution is 6.31. The summed E-state index contributed by atoms with van der Waals surface area (Å²) in [7, 11) is 0. The Morgan fingerprint density at radius 3 is 2.65 bits per heavy atom. The molecule has 5 rings (SSSR count). The Hall–Kier alpha value is -3.40. The van der Waals surface area contributed by atoms with Crippen LogP contribution in [-0.2, 0) is 6.54 Å². The Bertz CT molecular complexity index is 1430. The third kappa shape index (κ3) is 4.13. The molecule has 4 aromatic rings. The van der Waals surface area contributed by atoms with Crippen LogP contribution >= 0.6 is 11.6 Å². The van der Waals surface area contributed by atoms with E-state index in [1.165, 1.54) is 24.3 Å². The van der Waals surface area contributed by atoms with Crippen LogP contribution in [0, 0.1) is 19.7 Å². The summed E-state index contributed by atoms with van der Waals surface area (Å²) in [5.74, 6) is -0.819. The van der Waals surface area contributed by atoms with E-state index >= 15 is 0 Å². The molecule has 11 heteroatoms. The Balaban J connectivity index is 1.42. The largest absolute Gasteiger partial charge is 0.317 e. The van der Waals surface area contributed by atoms with Gasteiger partial charge in [-0.05, 0) is 50.5 Å². The molecule has 176 valence electrons. The van der Waals surface area contributed by atoms with Gasteiger partial charge in [0.1, 0.15) is 11.5 Å². The van der Waals surface area contributed by atoms with Gasteiger partial charge in [-0.25, -0.2) is 22.7 Å². The number of carbonyl (C=O) groups is 1. The lowest BCUT2D eigenvalue weighted by Crippen LogP contribution is -2.14. The fourth-order valence-corrected chi connectivity index (χ4v) is 4.12. The molecule has 0 radical (unpaired) electrons. The fourth-order valence-electron chi connectivity index (χ4n) is 3.89. The van der Waals surface area contributed by atoms with Crippen molar-refractivity contribution >= 4 is 28.8 Å². The van der Waals surface area contributed by atoms with Gasteiger partial charge in [-0.15, -0.1) is 0 Å². The van der Waals surface area contributed by atoms with Crippen LogP contribution in [0.25, 0.3) is 5.65 Å². The highest BCUT2D eigenvalue weighted by atomic mass is 35.5. The van der Waals surface area contributed by atoms with E-state index in [4.69, 9.17) is 11.6 Å². The molecule has 0 bridgehead atoms. The molecule has 0 saturated heterocycles. The highest BCUT2D eigenvalue weighted by Crippen LogP contribution is 2.40. The summed E-state index contributed by atoms with van der Waals surface area (Å²) in [5.41, 5.74) is 2.83. The van der Waals surface area contributed by atoms with Crippen molar-refractivity contribution < 1.29 is 18.0 Å². The van der Waals surface area contributed by atoms with Crippen LogP contribution in [0.1, 0.15) is 64.0 Å². The first-order valence-electron chi connectivity index (χ1n) is 10.7. The number of aryl methyl sites for hydroxylation is 1. The minimum atomic E-state index is -2.75. The monoisotopic (exact) mass is 488 g/mol. The summed E-state index contributed by atoms with van der Waals surface area (Å²) in [5, 5.41) is 11.6. The summed E-state index contributed by atoms with van der Waals surface area (Å²) in [6.07, 6.45) is -0.919. The van der Waals surface area contributed by atoms with Crippen molar-refractivity contribution in [1.82, 2.24) is 24.4 Å². The molecule has 0 aliphatic heterocycles. The first-order valence-corrected chi connectivity index (χ1v) is 11.1. The molecule has 3 aromatic heterocycles. The van der Waals surface area contributed by atoms with Crippen LogP contribution in [0.15, 0.2) is 30.3 Å². The molecule has 0 atom stereocenters. The predicted octanol–water partition coefficient (Wildman–Crippen LogP) is 5.45. The van der Waals surface area contributed by atoms with Gasteiger partial charge in [-0.3, -0.25) is 9.48 Å². The third-order valence-corrected chi connectivity index (χ3v) is 6.23. The lowest BCUT2D eigenvalue weighted by atomic mass is 10.2. The normalized spacial score (nSPS) is 13.7. The first-order chi connectivity index (χ1) is 16.2. The van der Waals surface area contributed by atoms with E-state index in [1.807, 2.05) is 0 Å². The molecular weight excluding hydrogens is 469 g/mol. The van der Waals surface area contributed by atoms with Crippen LogP contribution in [0.4, 0.5) is 18.9 Å². The molecule has 34 heavy (non-hydrogen) atoms. The van der Waals surface area contributed by atoms with E-state index in [-0.39, 0.29) is 34.5 Å². The maximum Gasteiger partial charge on any atom is 0.280 e. The Kier molecular flexibility index (Phi) is 5.55. The predicted molar refractivity (Wildman–Crippen MR) is 120 cm³/mol. The summed E-state index contributed by atoms with van der Waals surface area (Å²) >= 11 is 6.13. The molecule has 1 fully saturated rings. The number of amides is 1. The van der Waals surface area contributed by atoms with Crippen LogP contribution in [0.2, 0.25) is 5.02 Å². The quantitative estimate of drug-likeness (QED) is 0.391. The van der Waals surface area contributed by atoms with Crippen LogP contribution in [0.3, 0.4) is 0 Å². The number of rotatable bonds is 6. The van der Waals surface area contributed by atoms with Gasteiger partial charge >= 0.3 is 0 Å². The number of nitrogens with one attached hydrogen (secondary N) is 1. The van der Waals surface area contributed by atoms with Crippen molar-refractivity contribution in [2.45, 2.75) is 45.6 Å². The first kappa shape index (κ1) is 22.4. The second-order valence-electron chi connectivity index (χ2n) is 8.37. The fraction of sp³-hybridized carbons (Fsp3) is 0.304. The Morgan fingerprint density at radius 2 is 1.97 bits per heavy atom. The van der Waals surface area contributed by atoms with Crippen molar-refractivity contribution in [1.29, 1.82) is 0 Å². The maximum atomic E-state index is 13.6. The van der Waals surface area contributed by atoms with Crippen molar-refractivity contribution in [3.05, 3.63) is 75.2 Å². The molecule has 1 saturated carbocycles.